The van der Waals surface area contributed by atoms with Crippen LogP contribution in [0.15, 0.2) is 0 Å². The quantitative estimate of drug-likeness (QED) is 0.673. The maximum atomic E-state index is 11.8. The maximum Gasteiger partial charge on any atom is 0.502 e. The number of ketones is 1. The standard InChI is InChI=1S/C10H12BrN2O3/c1-12-9(15)8(11)13(10(12)16)6-2-4-7(14)5-3-6/h6H,2-5H2,1H3/q+1. The monoisotopic (exact) mass is 287 g/mol. The second-order valence-corrected chi connectivity index (χ2v) is 4.83. The van der Waals surface area contributed by atoms with Crippen molar-refractivity contribution in [2.45, 2.75) is 31.7 Å². The number of amides is 3. The first-order valence-electron chi connectivity index (χ1n) is 5.17. The molecule has 0 aromatic heterocycles. The van der Waals surface area contributed by atoms with Gasteiger partial charge < -0.3 is 0 Å². The van der Waals surface area contributed by atoms with Crippen molar-refractivity contribution in [2.24, 2.45) is 0 Å². The van der Waals surface area contributed by atoms with E-state index in [1.54, 1.807) is 0 Å². The van der Waals surface area contributed by atoms with Gasteiger partial charge >= 0.3 is 11.9 Å². The molecule has 1 fully saturated rings. The van der Waals surface area contributed by atoms with Gasteiger partial charge in [-0.3, -0.25) is 4.79 Å². The second kappa shape index (κ2) is 4.08. The van der Waals surface area contributed by atoms with Crippen LogP contribution in [0.5, 0.6) is 0 Å². The topological polar surface area (TPSA) is 57.5 Å². The molecule has 1 aliphatic carbocycles. The Bertz CT molecular complexity index is 406. The number of urea groups is 1. The highest BCUT2D eigenvalue weighted by atomic mass is 79.9. The fraction of sp³-hybridized carbons (Fsp3) is 0.600. The lowest BCUT2D eigenvalue weighted by molar-refractivity contribution is -0.471. The normalized spacial score (nSPS) is 23.6. The van der Waals surface area contributed by atoms with Gasteiger partial charge in [0.1, 0.15) is 11.8 Å². The summed E-state index contributed by atoms with van der Waals surface area (Å²) in [4.78, 5) is 35.5. The Morgan fingerprint density at radius 1 is 1.25 bits per heavy atom. The van der Waals surface area contributed by atoms with Crippen LogP contribution in [0, 0.1) is 0 Å². The van der Waals surface area contributed by atoms with E-state index in [1.165, 1.54) is 11.6 Å². The van der Waals surface area contributed by atoms with E-state index in [2.05, 4.69) is 15.9 Å². The van der Waals surface area contributed by atoms with Gasteiger partial charge in [-0.25, -0.2) is 4.79 Å². The van der Waals surface area contributed by atoms with Crippen molar-refractivity contribution < 1.29 is 19.0 Å². The summed E-state index contributed by atoms with van der Waals surface area (Å²) < 4.78 is 1.76. The number of halogens is 1. The minimum Gasteiger partial charge on any atom is -0.300 e. The average Bonchev–Trinajstić information content (AvgIpc) is 2.46. The third-order valence-electron chi connectivity index (χ3n) is 3.06. The minimum atomic E-state index is -0.318. The first-order chi connectivity index (χ1) is 7.52. The molecule has 0 aromatic rings. The van der Waals surface area contributed by atoms with E-state index in [1.807, 2.05) is 0 Å². The molecule has 0 bridgehead atoms. The van der Waals surface area contributed by atoms with Crippen LogP contribution in [0.4, 0.5) is 4.79 Å². The molecule has 0 spiro atoms. The van der Waals surface area contributed by atoms with Gasteiger partial charge in [0.15, 0.2) is 0 Å². The van der Waals surface area contributed by atoms with Gasteiger partial charge in [-0.2, -0.15) is 14.3 Å². The maximum absolute atomic E-state index is 11.8. The van der Waals surface area contributed by atoms with Crippen LogP contribution in [0.25, 0.3) is 0 Å². The number of hydrogen-bond acceptors (Lipinski definition) is 3. The van der Waals surface area contributed by atoms with Crippen LogP contribution in [-0.2, 0) is 9.59 Å². The predicted molar refractivity (Wildman–Crippen MR) is 59.6 cm³/mol. The van der Waals surface area contributed by atoms with Crippen LogP contribution in [0.3, 0.4) is 0 Å². The fourth-order valence-electron chi connectivity index (χ4n) is 2.07. The zero-order valence-corrected chi connectivity index (χ0v) is 10.5. The zero-order valence-electron chi connectivity index (χ0n) is 8.90. The van der Waals surface area contributed by atoms with E-state index in [0.29, 0.717) is 30.3 Å². The molecule has 16 heavy (non-hydrogen) atoms. The Balaban J connectivity index is 2.24. The molecule has 3 amide bonds. The summed E-state index contributed by atoms with van der Waals surface area (Å²) >= 11 is 3.15. The van der Waals surface area contributed by atoms with Crippen LogP contribution >= 0.6 is 15.9 Å². The molecule has 0 unspecified atom stereocenters. The summed E-state index contributed by atoms with van der Waals surface area (Å²) in [6.45, 7) is 0. The van der Waals surface area contributed by atoms with Crippen LogP contribution in [0.2, 0.25) is 0 Å². The van der Waals surface area contributed by atoms with Crippen LogP contribution in [0.1, 0.15) is 25.7 Å². The summed E-state index contributed by atoms with van der Waals surface area (Å²) in [6, 6.07) is -0.343. The van der Waals surface area contributed by atoms with E-state index in [9.17, 15) is 14.4 Å². The highest BCUT2D eigenvalue weighted by molar-refractivity contribution is 9.19. The highest BCUT2D eigenvalue weighted by Crippen LogP contribution is 2.22. The third kappa shape index (κ3) is 1.71. The Morgan fingerprint density at radius 3 is 2.25 bits per heavy atom. The summed E-state index contributed by atoms with van der Waals surface area (Å²) in [5.41, 5.74) is 0. The number of nitrogens with zero attached hydrogens (tertiary/aromatic N) is 2. The SMILES string of the molecule is CN1C(=O)C(Br)=[N+](C2CCC(=O)CC2)C1=O. The Labute approximate surface area is 101 Å². The lowest BCUT2D eigenvalue weighted by Gasteiger charge is -2.19. The molecule has 0 aromatic carbocycles. The van der Waals surface area contributed by atoms with Gasteiger partial charge in [-0.15, -0.1) is 0 Å². The van der Waals surface area contributed by atoms with E-state index in [4.69, 9.17) is 0 Å². The Kier molecular flexibility index (Phi) is 2.92. The summed E-state index contributed by atoms with van der Waals surface area (Å²) in [5, 5.41) is 0. The number of hydrogen-bond donors (Lipinski definition) is 0. The zero-order chi connectivity index (χ0) is 11.9. The van der Waals surface area contributed by atoms with Gasteiger partial charge in [-0.05, 0) is 12.8 Å². The number of carbonyl (C=O) groups excluding carboxylic acids is 3. The molecule has 0 saturated heterocycles. The smallest absolute Gasteiger partial charge is 0.300 e. The molecule has 0 atom stereocenters. The summed E-state index contributed by atoms with van der Waals surface area (Å²) in [7, 11) is 1.46. The van der Waals surface area contributed by atoms with Crippen molar-refractivity contribution in [3.05, 3.63) is 0 Å². The summed E-state index contributed by atoms with van der Waals surface area (Å²) in [6.07, 6.45) is 2.26. The lowest BCUT2D eigenvalue weighted by Crippen LogP contribution is -2.37. The van der Waals surface area contributed by atoms with Crippen molar-refractivity contribution in [3.8, 4) is 0 Å². The second-order valence-electron chi connectivity index (χ2n) is 4.08. The van der Waals surface area contributed by atoms with Crippen LogP contribution in [-0.4, -0.2) is 44.9 Å². The Hall–Kier alpha value is -1.04. The highest BCUT2D eigenvalue weighted by Gasteiger charge is 2.47. The molecule has 0 radical (unpaired) electrons. The predicted octanol–water partition coefficient (Wildman–Crippen LogP) is 0.896. The van der Waals surface area contributed by atoms with Gasteiger partial charge in [0.2, 0.25) is 0 Å². The lowest BCUT2D eigenvalue weighted by atomic mass is 9.94. The fourth-order valence-corrected chi connectivity index (χ4v) is 2.78. The molecular formula is C10H12BrN2O3+. The molecule has 2 aliphatic rings. The first-order valence-corrected chi connectivity index (χ1v) is 5.97. The van der Waals surface area contributed by atoms with Gasteiger partial charge in [0.25, 0.3) is 4.62 Å². The molecule has 6 heteroatoms. The molecule has 1 saturated carbocycles. The van der Waals surface area contributed by atoms with Crippen molar-refractivity contribution in [2.75, 3.05) is 7.05 Å². The largest absolute Gasteiger partial charge is 0.502 e. The summed E-state index contributed by atoms with van der Waals surface area (Å²) in [5.74, 6) is -0.0828. The average molecular weight is 288 g/mol. The van der Waals surface area contributed by atoms with E-state index in [-0.39, 0.29) is 23.8 Å². The van der Waals surface area contributed by atoms with E-state index >= 15 is 0 Å². The molecule has 5 nitrogen and oxygen atoms in total. The number of Topliss-reactive ketones (excluding diaryl/α,β-unsaturated/α-hetero) is 1. The molecule has 0 N–H and O–H groups in total. The first kappa shape index (κ1) is 11.4. The molecule has 86 valence electrons. The van der Waals surface area contributed by atoms with Crippen molar-refractivity contribution in [1.29, 1.82) is 0 Å². The molecule has 1 heterocycles. The molecule has 1 aliphatic heterocycles. The van der Waals surface area contributed by atoms with Crippen molar-refractivity contribution in [3.63, 3.8) is 0 Å². The van der Waals surface area contributed by atoms with Gasteiger partial charge in [0.05, 0.1) is 7.05 Å². The van der Waals surface area contributed by atoms with Gasteiger partial charge in [-0.1, -0.05) is 0 Å². The molecular weight excluding hydrogens is 276 g/mol. The van der Waals surface area contributed by atoms with Crippen molar-refractivity contribution in [1.82, 2.24) is 4.90 Å². The van der Waals surface area contributed by atoms with Crippen LogP contribution < -0.4 is 0 Å². The number of carbonyl (C=O) groups is 3. The number of imide groups is 1. The van der Waals surface area contributed by atoms with Crippen molar-refractivity contribution >= 4 is 38.3 Å². The van der Waals surface area contributed by atoms with Gasteiger partial charge in [0, 0.05) is 28.8 Å². The molecule has 2 rings (SSSR count). The number of rotatable bonds is 1. The van der Waals surface area contributed by atoms with E-state index < -0.39 is 0 Å². The third-order valence-corrected chi connectivity index (χ3v) is 3.78. The minimum absolute atomic E-state index is 0.0338. The Morgan fingerprint density at radius 2 is 1.81 bits per heavy atom. The van der Waals surface area contributed by atoms with E-state index in [0.717, 1.165) is 4.90 Å².